The minimum absolute atomic E-state index is 0.0134. The molecule has 1 N–H and O–H groups in total. The second-order valence-corrected chi connectivity index (χ2v) is 5.30. The molecule has 2 rings (SSSR count). The van der Waals surface area contributed by atoms with Crippen molar-refractivity contribution in [1.82, 2.24) is 4.98 Å². The Morgan fingerprint density at radius 3 is 2.38 bits per heavy atom. The van der Waals surface area contributed by atoms with E-state index in [2.05, 4.69) is 10.3 Å². The zero-order valence-electron chi connectivity index (χ0n) is 12.2. The predicted octanol–water partition coefficient (Wildman–Crippen LogP) is 3.48. The van der Waals surface area contributed by atoms with E-state index in [1.807, 2.05) is 13.8 Å². The highest BCUT2D eigenvalue weighted by Gasteiger charge is 2.33. The van der Waals surface area contributed by atoms with Crippen molar-refractivity contribution in [2.24, 2.45) is 0 Å². The van der Waals surface area contributed by atoms with Gasteiger partial charge in [-0.1, -0.05) is 0 Å². The molecule has 1 aliphatic heterocycles. The number of rotatable bonds is 3. The van der Waals surface area contributed by atoms with E-state index in [1.165, 1.54) is 7.05 Å². The Morgan fingerprint density at radius 1 is 1.24 bits per heavy atom. The van der Waals surface area contributed by atoms with Gasteiger partial charge in [0.05, 0.1) is 17.8 Å². The van der Waals surface area contributed by atoms with E-state index in [0.717, 1.165) is 12.1 Å². The van der Waals surface area contributed by atoms with Crippen LogP contribution in [0.15, 0.2) is 12.1 Å². The summed E-state index contributed by atoms with van der Waals surface area (Å²) in [5, 5.41) is 2.62. The van der Waals surface area contributed by atoms with Crippen molar-refractivity contribution in [3.8, 4) is 5.88 Å². The van der Waals surface area contributed by atoms with Crippen LogP contribution >= 0.6 is 0 Å². The Balaban J connectivity index is 2.19. The Kier molecular flexibility index (Phi) is 4.61. The van der Waals surface area contributed by atoms with Gasteiger partial charge in [0.25, 0.3) is 0 Å². The molecule has 1 saturated heterocycles. The average Bonchev–Trinajstić information content (AvgIpc) is 2.36. The third kappa shape index (κ3) is 4.23. The van der Waals surface area contributed by atoms with E-state index in [4.69, 9.17) is 9.47 Å². The molecular formula is C14H19F3N2O2. The van der Waals surface area contributed by atoms with E-state index in [9.17, 15) is 13.2 Å². The molecule has 0 aliphatic carbocycles. The monoisotopic (exact) mass is 304 g/mol. The van der Waals surface area contributed by atoms with Crippen molar-refractivity contribution in [3.05, 3.63) is 17.7 Å². The maximum Gasteiger partial charge on any atom is 0.416 e. The van der Waals surface area contributed by atoms with Gasteiger partial charge < -0.3 is 14.8 Å². The number of nitrogens with zero attached hydrogens (tertiary/aromatic N) is 1. The third-order valence-electron chi connectivity index (χ3n) is 3.33. The number of hydrogen-bond donors (Lipinski definition) is 1. The Hall–Kier alpha value is -1.50. The summed E-state index contributed by atoms with van der Waals surface area (Å²) in [6.07, 6.45) is -3.30. The van der Waals surface area contributed by atoms with Crippen LogP contribution in [0.25, 0.3) is 0 Å². The number of pyridine rings is 1. The molecule has 0 bridgehead atoms. The van der Waals surface area contributed by atoms with Crippen molar-refractivity contribution in [3.63, 3.8) is 0 Å². The number of nitrogens with one attached hydrogen (secondary N) is 1. The van der Waals surface area contributed by atoms with E-state index < -0.39 is 11.7 Å². The molecule has 2 heterocycles. The van der Waals surface area contributed by atoms with Crippen LogP contribution in [0, 0.1) is 0 Å². The summed E-state index contributed by atoms with van der Waals surface area (Å²) in [7, 11) is 1.52. The van der Waals surface area contributed by atoms with Gasteiger partial charge in [-0.2, -0.15) is 18.2 Å². The molecule has 2 unspecified atom stereocenters. The Morgan fingerprint density at radius 2 is 1.86 bits per heavy atom. The summed E-state index contributed by atoms with van der Waals surface area (Å²) in [6.45, 7) is 3.84. The van der Waals surface area contributed by atoms with Crippen molar-refractivity contribution < 1.29 is 22.6 Å². The van der Waals surface area contributed by atoms with Crippen molar-refractivity contribution in [2.75, 3.05) is 12.4 Å². The van der Waals surface area contributed by atoms with Crippen LogP contribution in [0.3, 0.4) is 0 Å². The first-order valence-corrected chi connectivity index (χ1v) is 6.87. The van der Waals surface area contributed by atoms with E-state index in [1.54, 1.807) is 0 Å². The minimum Gasteiger partial charge on any atom is -0.474 e. The van der Waals surface area contributed by atoms with Gasteiger partial charge in [0.1, 0.15) is 11.9 Å². The zero-order chi connectivity index (χ0) is 15.6. The van der Waals surface area contributed by atoms with Gasteiger partial charge in [0, 0.05) is 26.0 Å². The quantitative estimate of drug-likeness (QED) is 0.928. The summed E-state index contributed by atoms with van der Waals surface area (Å²) in [5.41, 5.74) is -0.773. The van der Waals surface area contributed by atoms with Crippen LogP contribution in [0.5, 0.6) is 5.88 Å². The van der Waals surface area contributed by atoms with Crippen LogP contribution < -0.4 is 10.1 Å². The molecule has 7 heteroatoms. The Bertz CT molecular complexity index is 484. The van der Waals surface area contributed by atoms with E-state index in [0.29, 0.717) is 12.8 Å². The molecule has 1 aliphatic rings. The van der Waals surface area contributed by atoms with Gasteiger partial charge in [-0.05, 0) is 19.9 Å². The number of anilines is 1. The van der Waals surface area contributed by atoms with E-state index in [-0.39, 0.29) is 30.0 Å². The van der Waals surface area contributed by atoms with Crippen molar-refractivity contribution in [2.45, 2.75) is 51.2 Å². The highest BCUT2D eigenvalue weighted by molar-refractivity contribution is 5.42. The van der Waals surface area contributed by atoms with Crippen LogP contribution in [-0.4, -0.2) is 30.3 Å². The second-order valence-electron chi connectivity index (χ2n) is 5.30. The van der Waals surface area contributed by atoms with Crippen LogP contribution in [0.1, 0.15) is 32.3 Å². The molecule has 0 saturated carbocycles. The number of hydrogen-bond acceptors (Lipinski definition) is 4. The number of halogens is 3. The van der Waals surface area contributed by atoms with Gasteiger partial charge in [-0.15, -0.1) is 0 Å². The predicted molar refractivity (Wildman–Crippen MR) is 72.4 cm³/mol. The second kappa shape index (κ2) is 6.09. The molecule has 0 amide bonds. The Labute approximate surface area is 121 Å². The number of ether oxygens (including phenoxy) is 2. The maximum absolute atomic E-state index is 12.9. The van der Waals surface area contributed by atoms with Crippen LogP contribution in [-0.2, 0) is 10.9 Å². The first-order valence-electron chi connectivity index (χ1n) is 6.87. The van der Waals surface area contributed by atoms with Gasteiger partial charge in [-0.3, -0.25) is 0 Å². The largest absolute Gasteiger partial charge is 0.474 e. The first-order chi connectivity index (χ1) is 9.77. The topological polar surface area (TPSA) is 43.4 Å². The third-order valence-corrected chi connectivity index (χ3v) is 3.33. The van der Waals surface area contributed by atoms with Gasteiger partial charge in [-0.25, -0.2) is 0 Å². The SMILES string of the molecule is CNc1cc(C(F)(F)F)cc(OC2CC(C)OC(C)C2)n1. The lowest BCUT2D eigenvalue weighted by molar-refractivity contribution is -0.137. The standard InChI is InChI=1S/C14H19F3N2O2/c1-8-4-11(5-9(2)20-8)21-13-7-10(14(15,16)17)6-12(18-3)19-13/h6-9,11H,4-5H2,1-3H3,(H,18,19). The molecule has 1 fully saturated rings. The van der Waals surface area contributed by atoms with Crippen molar-refractivity contribution in [1.29, 1.82) is 0 Å². The van der Waals surface area contributed by atoms with Gasteiger partial charge in [0.15, 0.2) is 0 Å². The highest BCUT2D eigenvalue weighted by atomic mass is 19.4. The highest BCUT2D eigenvalue weighted by Crippen LogP contribution is 2.33. The number of alkyl halides is 3. The lowest BCUT2D eigenvalue weighted by Gasteiger charge is -2.32. The fraction of sp³-hybridized carbons (Fsp3) is 0.643. The average molecular weight is 304 g/mol. The summed E-state index contributed by atoms with van der Waals surface area (Å²) < 4.78 is 49.8. The normalized spacial score (nSPS) is 26.5. The molecular weight excluding hydrogens is 285 g/mol. The fourth-order valence-electron chi connectivity index (χ4n) is 2.47. The minimum atomic E-state index is -4.43. The van der Waals surface area contributed by atoms with Crippen molar-refractivity contribution >= 4 is 5.82 Å². The fourth-order valence-corrected chi connectivity index (χ4v) is 2.47. The van der Waals surface area contributed by atoms with Crippen LogP contribution in [0.2, 0.25) is 0 Å². The molecule has 0 radical (unpaired) electrons. The maximum atomic E-state index is 12.9. The zero-order valence-corrected chi connectivity index (χ0v) is 12.2. The molecule has 4 nitrogen and oxygen atoms in total. The molecule has 0 aromatic carbocycles. The lowest BCUT2D eigenvalue weighted by atomic mass is 10.0. The molecule has 1 aromatic rings. The summed E-state index contributed by atoms with van der Waals surface area (Å²) >= 11 is 0. The molecule has 0 spiro atoms. The van der Waals surface area contributed by atoms with E-state index >= 15 is 0 Å². The smallest absolute Gasteiger partial charge is 0.416 e. The van der Waals surface area contributed by atoms with Crippen LogP contribution in [0.4, 0.5) is 19.0 Å². The van der Waals surface area contributed by atoms with Gasteiger partial charge >= 0.3 is 6.18 Å². The number of aromatic nitrogens is 1. The molecule has 2 atom stereocenters. The summed E-state index contributed by atoms with van der Waals surface area (Å²) in [6, 6.07) is 1.90. The summed E-state index contributed by atoms with van der Waals surface area (Å²) in [5.74, 6) is 0.119. The van der Waals surface area contributed by atoms with Gasteiger partial charge in [0.2, 0.25) is 5.88 Å². The summed E-state index contributed by atoms with van der Waals surface area (Å²) in [4.78, 5) is 4.04. The molecule has 1 aromatic heterocycles. The molecule has 118 valence electrons. The molecule has 21 heavy (non-hydrogen) atoms. The first kappa shape index (κ1) is 15.9. The lowest BCUT2D eigenvalue weighted by Crippen LogP contribution is -2.35.